The molecule has 0 spiro atoms. The van der Waals surface area contributed by atoms with E-state index in [9.17, 15) is 17.6 Å². The van der Waals surface area contributed by atoms with E-state index >= 15 is 0 Å². The Morgan fingerprint density at radius 2 is 1.96 bits per heavy atom. The van der Waals surface area contributed by atoms with Crippen LogP contribution in [0.4, 0.5) is 4.39 Å². The second kappa shape index (κ2) is 5.88. The average molecular weight is 388 g/mol. The van der Waals surface area contributed by atoms with E-state index in [2.05, 4.69) is 15.3 Å². The summed E-state index contributed by atoms with van der Waals surface area (Å²) in [6, 6.07) is 8.41. The maximum atomic E-state index is 14.2. The van der Waals surface area contributed by atoms with Gasteiger partial charge in [0, 0.05) is 6.07 Å². The van der Waals surface area contributed by atoms with Gasteiger partial charge in [0.1, 0.15) is 16.5 Å². The number of hydrogen-bond donors (Lipinski definition) is 1. The summed E-state index contributed by atoms with van der Waals surface area (Å²) in [7, 11) is -2.88. The number of ether oxygens (including phenoxy) is 1. The molecule has 8 nitrogen and oxygen atoms in total. The smallest absolute Gasteiger partial charge is 0.259 e. The Kier molecular flexibility index (Phi) is 3.74. The molecule has 0 aliphatic carbocycles. The zero-order valence-corrected chi connectivity index (χ0v) is 15.0. The number of nitrogens with zero attached hydrogens (tertiary/aromatic N) is 3. The van der Waals surface area contributed by atoms with Crippen molar-refractivity contribution in [1.82, 2.24) is 19.8 Å². The molecule has 0 aliphatic heterocycles. The van der Waals surface area contributed by atoms with Crippen LogP contribution >= 0.6 is 0 Å². The first-order chi connectivity index (χ1) is 12.8. The quantitative estimate of drug-likeness (QED) is 0.574. The Balaban J connectivity index is 2.05. The average Bonchev–Trinajstić information content (AvgIpc) is 3.05. The molecule has 138 valence electrons. The standard InChI is InChI=1S/C17H13FN4O4S/c1-9-3-6-14(12(18)7-9)27(24,25)17-15-19-16(23)11-5-4-10(26-2)8-13(11)22(15)21-20-17/h3-8H,1-2H3,(H,19,23). The molecule has 0 amide bonds. The molecule has 2 aromatic heterocycles. The zero-order chi connectivity index (χ0) is 19.3. The molecule has 0 unspecified atom stereocenters. The molecule has 0 saturated carbocycles. The van der Waals surface area contributed by atoms with Crippen molar-refractivity contribution < 1.29 is 17.5 Å². The minimum atomic E-state index is -4.34. The fourth-order valence-corrected chi connectivity index (χ4v) is 4.14. The Morgan fingerprint density at radius 1 is 1.19 bits per heavy atom. The number of fused-ring (bicyclic) bond motifs is 3. The lowest BCUT2D eigenvalue weighted by atomic mass is 10.2. The Labute approximate surface area is 152 Å². The van der Waals surface area contributed by atoms with Gasteiger partial charge in [0.25, 0.3) is 5.56 Å². The first-order valence-corrected chi connectivity index (χ1v) is 9.28. The van der Waals surface area contributed by atoms with E-state index in [1.54, 1.807) is 13.0 Å². The number of halogens is 1. The Hall–Kier alpha value is -3.27. The van der Waals surface area contributed by atoms with Crippen molar-refractivity contribution in [3.8, 4) is 5.75 Å². The normalized spacial score (nSPS) is 12.0. The number of aromatic amines is 1. The van der Waals surface area contributed by atoms with Crippen molar-refractivity contribution in [2.45, 2.75) is 16.8 Å². The van der Waals surface area contributed by atoms with Gasteiger partial charge in [0.15, 0.2) is 5.65 Å². The molecule has 0 saturated heterocycles. The number of nitrogens with one attached hydrogen (secondary N) is 1. The number of benzene rings is 2. The third-order valence-corrected chi connectivity index (χ3v) is 5.87. The summed E-state index contributed by atoms with van der Waals surface area (Å²) in [5.41, 5.74) is 0.209. The van der Waals surface area contributed by atoms with E-state index in [1.165, 1.54) is 29.8 Å². The molecule has 0 atom stereocenters. The molecule has 2 aromatic carbocycles. The van der Waals surface area contributed by atoms with Crippen LogP contribution in [0.3, 0.4) is 0 Å². The lowest BCUT2D eigenvalue weighted by Crippen LogP contribution is -2.12. The molecule has 1 N–H and O–H groups in total. The second-order valence-corrected chi connectivity index (χ2v) is 7.76. The predicted molar refractivity (Wildman–Crippen MR) is 94.3 cm³/mol. The molecular weight excluding hydrogens is 375 g/mol. The van der Waals surface area contributed by atoms with E-state index in [1.807, 2.05) is 0 Å². The molecular formula is C17H13FN4O4S. The molecule has 0 fully saturated rings. The molecule has 0 bridgehead atoms. The summed E-state index contributed by atoms with van der Waals surface area (Å²) in [4.78, 5) is 14.3. The van der Waals surface area contributed by atoms with Crippen LogP contribution in [0.25, 0.3) is 16.6 Å². The number of sulfone groups is 1. The minimum absolute atomic E-state index is 0.152. The van der Waals surface area contributed by atoms with E-state index in [0.29, 0.717) is 16.8 Å². The Morgan fingerprint density at radius 3 is 2.67 bits per heavy atom. The zero-order valence-electron chi connectivity index (χ0n) is 14.2. The summed E-state index contributed by atoms with van der Waals surface area (Å²) in [6.07, 6.45) is 0. The third-order valence-electron chi connectivity index (χ3n) is 4.18. The highest BCUT2D eigenvalue weighted by Crippen LogP contribution is 2.26. The number of rotatable bonds is 3. The lowest BCUT2D eigenvalue weighted by molar-refractivity contribution is 0.415. The maximum absolute atomic E-state index is 14.2. The van der Waals surface area contributed by atoms with E-state index in [4.69, 9.17) is 4.74 Å². The molecule has 0 radical (unpaired) electrons. The number of methoxy groups -OCH3 is 1. The number of aromatic nitrogens is 4. The van der Waals surface area contributed by atoms with Gasteiger partial charge in [-0.25, -0.2) is 12.8 Å². The van der Waals surface area contributed by atoms with Crippen molar-refractivity contribution in [2.75, 3.05) is 7.11 Å². The minimum Gasteiger partial charge on any atom is -0.497 e. The summed E-state index contributed by atoms with van der Waals surface area (Å²) in [5.74, 6) is -0.445. The van der Waals surface area contributed by atoms with Gasteiger partial charge in [-0.1, -0.05) is 11.3 Å². The monoisotopic (exact) mass is 388 g/mol. The van der Waals surface area contributed by atoms with E-state index in [0.717, 1.165) is 12.1 Å². The van der Waals surface area contributed by atoms with Crippen LogP contribution in [0.1, 0.15) is 5.56 Å². The van der Waals surface area contributed by atoms with Crippen molar-refractivity contribution in [3.63, 3.8) is 0 Å². The molecule has 2 heterocycles. The summed E-state index contributed by atoms with van der Waals surface area (Å²) >= 11 is 0. The molecule has 10 heteroatoms. The van der Waals surface area contributed by atoms with Gasteiger partial charge in [-0.3, -0.25) is 4.79 Å². The van der Waals surface area contributed by atoms with Crippen LogP contribution in [0.15, 0.2) is 51.1 Å². The van der Waals surface area contributed by atoms with Crippen LogP contribution in [-0.2, 0) is 9.84 Å². The van der Waals surface area contributed by atoms with Crippen LogP contribution in [0.2, 0.25) is 0 Å². The highest BCUT2D eigenvalue weighted by Gasteiger charge is 2.29. The van der Waals surface area contributed by atoms with Gasteiger partial charge in [0.05, 0.1) is 18.0 Å². The topological polar surface area (TPSA) is 106 Å². The first kappa shape index (κ1) is 17.2. The van der Waals surface area contributed by atoms with Gasteiger partial charge in [-0.15, -0.1) is 5.10 Å². The van der Waals surface area contributed by atoms with Crippen LogP contribution < -0.4 is 10.3 Å². The second-order valence-electron chi connectivity index (χ2n) is 5.93. The molecule has 27 heavy (non-hydrogen) atoms. The predicted octanol–water partition coefficient (Wildman–Crippen LogP) is 1.86. The van der Waals surface area contributed by atoms with Crippen LogP contribution in [0, 0.1) is 12.7 Å². The van der Waals surface area contributed by atoms with Crippen molar-refractivity contribution in [1.29, 1.82) is 0 Å². The number of aryl methyl sites for hydroxylation is 1. The third kappa shape index (κ3) is 2.56. The fourth-order valence-electron chi connectivity index (χ4n) is 2.83. The first-order valence-electron chi connectivity index (χ1n) is 7.79. The number of hydrogen-bond acceptors (Lipinski definition) is 6. The summed E-state index contributed by atoms with van der Waals surface area (Å²) < 4.78 is 46.4. The van der Waals surface area contributed by atoms with Gasteiger partial charge in [-0.2, -0.15) is 4.52 Å². The van der Waals surface area contributed by atoms with Crippen LogP contribution in [-0.4, -0.2) is 35.3 Å². The highest BCUT2D eigenvalue weighted by molar-refractivity contribution is 7.91. The lowest BCUT2D eigenvalue weighted by Gasteiger charge is -2.06. The summed E-state index contributed by atoms with van der Waals surface area (Å²) in [5, 5.41) is 7.28. The van der Waals surface area contributed by atoms with Crippen molar-refractivity contribution >= 4 is 26.4 Å². The Bertz CT molecular complexity index is 1380. The molecule has 4 aromatic rings. The largest absolute Gasteiger partial charge is 0.497 e. The van der Waals surface area contributed by atoms with E-state index in [-0.39, 0.29) is 11.0 Å². The van der Waals surface area contributed by atoms with Gasteiger partial charge >= 0.3 is 0 Å². The molecule has 4 rings (SSSR count). The van der Waals surface area contributed by atoms with Gasteiger partial charge in [-0.05, 0) is 36.8 Å². The van der Waals surface area contributed by atoms with E-state index < -0.39 is 31.1 Å². The SMILES string of the molecule is COc1ccc2c(=O)[nH]c3c(S(=O)(=O)c4ccc(C)cc4F)nnn3c2c1. The van der Waals surface area contributed by atoms with Crippen LogP contribution in [0.5, 0.6) is 5.75 Å². The van der Waals surface area contributed by atoms with Gasteiger partial charge in [0.2, 0.25) is 14.9 Å². The summed E-state index contributed by atoms with van der Waals surface area (Å²) in [6.45, 7) is 1.64. The van der Waals surface area contributed by atoms with Crippen molar-refractivity contribution in [2.24, 2.45) is 0 Å². The van der Waals surface area contributed by atoms with Gasteiger partial charge < -0.3 is 9.72 Å². The highest BCUT2D eigenvalue weighted by atomic mass is 32.2. The fraction of sp³-hybridized carbons (Fsp3) is 0.118. The molecule has 0 aliphatic rings. The van der Waals surface area contributed by atoms with Crippen molar-refractivity contribution in [3.05, 3.63) is 58.1 Å². The maximum Gasteiger partial charge on any atom is 0.259 e. The number of H-pyrrole nitrogens is 1.